The van der Waals surface area contributed by atoms with E-state index < -0.39 is 10.8 Å². The van der Waals surface area contributed by atoms with E-state index >= 15 is 0 Å². The lowest BCUT2D eigenvalue weighted by Crippen LogP contribution is -2.46. The molecule has 10 aromatic carbocycles. The SMILES string of the molecule is C1=CC2c3c(ccc4c3c3ccc5ccccc5c3n4-c3nc(-c4ccc5ccccc5c4)c4ccccc4n3)C3(c4ccccc4C4(c5ccccc5-c5ccccc54)c4ccccc43)C2C=C1. The summed E-state index contributed by atoms with van der Waals surface area (Å²) in [5.41, 5.74) is 17.8. The number of hydrogen-bond acceptors (Lipinski definition) is 2. The Morgan fingerprint density at radius 2 is 1.01 bits per heavy atom. The number of hydrogen-bond donors (Lipinski definition) is 0. The van der Waals surface area contributed by atoms with Gasteiger partial charge in [0.15, 0.2) is 0 Å². The van der Waals surface area contributed by atoms with Crippen LogP contribution in [0.15, 0.2) is 237 Å². The summed E-state index contributed by atoms with van der Waals surface area (Å²) < 4.78 is 2.39. The smallest absolute Gasteiger partial charge is 0.235 e. The van der Waals surface area contributed by atoms with Gasteiger partial charge in [0.05, 0.1) is 33.1 Å². The van der Waals surface area contributed by atoms with Crippen LogP contribution in [-0.4, -0.2) is 14.5 Å². The number of aromatic nitrogens is 3. The Bertz CT molecular complexity index is 4200. The Morgan fingerprint density at radius 3 is 1.77 bits per heavy atom. The summed E-state index contributed by atoms with van der Waals surface area (Å²) >= 11 is 0. The monoisotopic (exact) mass is 875 g/mol. The molecule has 0 saturated carbocycles. The zero-order chi connectivity index (χ0) is 45.0. The summed E-state index contributed by atoms with van der Waals surface area (Å²) in [5.74, 6) is 0.888. The van der Waals surface area contributed by atoms with E-state index in [0.717, 1.165) is 33.2 Å². The molecule has 0 bridgehead atoms. The van der Waals surface area contributed by atoms with Crippen LogP contribution in [0, 0.1) is 5.92 Å². The van der Waals surface area contributed by atoms with Crippen molar-refractivity contribution in [3.8, 4) is 28.3 Å². The quantitative estimate of drug-likeness (QED) is 0.173. The van der Waals surface area contributed by atoms with E-state index in [9.17, 15) is 0 Å². The Morgan fingerprint density at radius 1 is 0.420 bits per heavy atom. The number of para-hydroxylation sites is 1. The van der Waals surface area contributed by atoms with Crippen LogP contribution in [0.4, 0.5) is 0 Å². The van der Waals surface area contributed by atoms with Crippen LogP contribution >= 0.6 is 0 Å². The molecule has 0 saturated heterocycles. The van der Waals surface area contributed by atoms with Gasteiger partial charge >= 0.3 is 0 Å². The van der Waals surface area contributed by atoms with Crippen molar-refractivity contribution in [2.24, 2.45) is 5.92 Å². The lowest BCUT2D eigenvalue weighted by atomic mass is 9.51. The molecule has 0 aliphatic heterocycles. The standard InChI is InChI=1S/C66H41N3/c1-2-19-42-39-43(34-33-40(42)17-1)62-48-24-8-16-32-58(48)67-64(68-62)69-59-38-37-57-60(61(59)49-36-35-41-18-3-4-20-44(41)63(49)69)47-23-7-11-27-52(47)66(57)55-30-14-12-28-53(55)65(54-29-13-15-31-56(54)66)50-25-9-5-21-45(50)46-22-6-10-26-51(46)65/h1-39,47,52H. The highest BCUT2D eigenvalue weighted by molar-refractivity contribution is 6.20. The van der Waals surface area contributed by atoms with Crippen LogP contribution < -0.4 is 0 Å². The highest BCUT2D eigenvalue weighted by Gasteiger charge is 2.62. The van der Waals surface area contributed by atoms with Crippen LogP contribution in [0.2, 0.25) is 0 Å². The molecular weight excluding hydrogens is 835 g/mol. The van der Waals surface area contributed by atoms with Crippen molar-refractivity contribution in [2.75, 3.05) is 0 Å². The number of fused-ring (bicyclic) bond motifs is 24. The fraction of sp³-hybridized carbons (Fsp3) is 0.0606. The maximum absolute atomic E-state index is 5.65. The van der Waals surface area contributed by atoms with Gasteiger partial charge in [-0.25, -0.2) is 9.97 Å². The fourth-order valence-corrected chi connectivity index (χ4v) is 14.1. The molecule has 0 amide bonds. The third-order valence-corrected chi connectivity index (χ3v) is 16.5. The van der Waals surface area contributed by atoms with E-state index in [1.165, 1.54) is 88.0 Å². The second-order valence-electron chi connectivity index (χ2n) is 19.5. The Balaban J connectivity index is 1.03. The van der Waals surface area contributed by atoms with Crippen molar-refractivity contribution in [1.82, 2.24) is 14.5 Å². The van der Waals surface area contributed by atoms with Gasteiger partial charge in [-0.1, -0.05) is 218 Å². The van der Waals surface area contributed by atoms with Gasteiger partial charge in [-0.2, -0.15) is 0 Å². The van der Waals surface area contributed by atoms with Gasteiger partial charge in [-0.3, -0.25) is 4.57 Å². The largest absolute Gasteiger partial charge is 0.277 e. The first-order valence-corrected chi connectivity index (χ1v) is 24.2. The molecule has 0 radical (unpaired) electrons. The van der Waals surface area contributed by atoms with Gasteiger partial charge in [-0.15, -0.1) is 0 Å². The van der Waals surface area contributed by atoms with Gasteiger partial charge in [0.1, 0.15) is 0 Å². The van der Waals surface area contributed by atoms with E-state index in [-0.39, 0.29) is 11.8 Å². The molecule has 2 spiro atoms. The lowest BCUT2D eigenvalue weighted by Gasteiger charge is -2.50. The van der Waals surface area contributed by atoms with Crippen LogP contribution in [0.5, 0.6) is 0 Å². The second kappa shape index (κ2) is 13.5. The van der Waals surface area contributed by atoms with E-state index in [4.69, 9.17) is 9.97 Å². The van der Waals surface area contributed by atoms with Gasteiger partial charge in [-0.05, 0) is 90.0 Å². The van der Waals surface area contributed by atoms with Crippen LogP contribution in [0.25, 0.3) is 82.6 Å². The van der Waals surface area contributed by atoms with Crippen LogP contribution in [0.3, 0.4) is 0 Å². The fourth-order valence-electron chi connectivity index (χ4n) is 14.1. The molecular formula is C66H41N3. The van der Waals surface area contributed by atoms with E-state index in [2.05, 4.69) is 241 Å². The molecule has 2 atom stereocenters. The van der Waals surface area contributed by atoms with E-state index in [1.807, 2.05) is 0 Å². The molecule has 4 aliphatic rings. The first-order valence-electron chi connectivity index (χ1n) is 24.2. The summed E-state index contributed by atoms with van der Waals surface area (Å²) in [7, 11) is 0. The summed E-state index contributed by atoms with van der Waals surface area (Å²) in [5, 5.41) is 8.30. The first-order chi connectivity index (χ1) is 34.2. The third kappa shape index (κ3) is 4.58. The van der Waals surface area contributed by atoms with Gasteiger partial charge < -0.3 is 0 Å². The minimum Gasteiger partial charge on any atom is -0.277 e. The highest BCUT2D eigenvalue weighted by atomic mass is 15.2. The molecule has 0 N–H and O–H groups in total. The van der Waals surface area contributed by atoms with Crippen molar-refractivity contribution in [2.45, 2.75) is 16.7 Å². The molecule has 16 rings (SSSR count). The average molecular weight is 876 g/mol. The van der Waals surface area contributed by atoms with Crippen molar-refractivity contribution in [3.63, 3.8) is 0 Å². The van der Waals surface area contributed by atoms with E-state index in [1.54, 1.807) is 0 Å². The van der Waals surface area contributed by atoms with Crippen LogP contribution in [0.1, 0.15) is 50.4 Å². The Labute approximate surface area is 399 Å². The maximum atomic E-state index is 5.65. The number of rotatable bonds is 2. The second-order valence-corrected chi connectivity index (χ2v) is 19.5. The van der Waals surface area contributed by atoms with E-state index in [0.29, 0.717) is 5.95 Å². The van der Waals surface area contributed by atoms with Crippen molar-refractivity contribution < 1.29 is 0 Å². The van der Waals surface area contributed by atoms with Crippen LogP contribution in [-0.2, 0) is 10.8 Å². The summed E-state index contributed by atoms with van der Waals surface area (Å²) in [6.07, 6.45) is 9.60. The van der Waals surface area contributed by atoms with Gasteiger partial charge in [0.25, 0.3) is 0 Å². The molecule has 320 valence electrons. The first kappa shape index (κ1) is 37.4. The zero-order valence-electron chi connectivity index (χ0n) is 37.5. The molecule has 2 heterocycles. The highest BCUT2D eigenvalue weighted by Crippen LogP contribution is 2.69. The number of allylic oxidation sites excluding steroid dienone is 4. The molecule has 3 nitrogen and oxygen atoms in total. The molecule has 2 aromatic heterocycles. The molecule has 3 heteroatoms. The number of nitrogens with zero attached hydrogens (tertiary/aromatic N) is 3. The number of benzene rings is 10. The molecule has 4 aliphatic carbocycles. The predicted octanol–water partition coefficient (Wildman–Crippen LogP) is 15.6. The maximum Gasteiger partial charge on any atom is 0.235 e. The summed E-state index contributed by atoms with van der Waals surface area (Å²) in [6, 6.07) is 79.4. The van der Waals surface area contributed by atoms with Crippen molar-refractivity contribution in [1.29, 1.82) is 0 Å². The minimum absolute atomic E-state index is 0.100. The molecule has 2 unspecified atom stereocenters. The minimum atomic E-state index is -0.492. The average Bonchev–Trinajstić information content (AvgIpc) is 4.04. The third-order valence-electron chi connectivity index (χ3n) is 16.5. The van der Waals surface area contributed by atoms with Gasteiger partial charge in [0.2, 0.25) is 5.95 Å². The normalized spacial score (nSPS) is 17.4. The lowest BCUT2D eigenvalue weighted by molar-refractivity contribution is 0.432. The molecule has 12 aromatic rings. The van der Waals surface area contributed by atoms with Crippen molar-refractivity contribution >= 4 is 54.3 Å². The zero-order valence-corrected chi connectivity index (χ0v) is 37.5. The molecule has 0 fully saturated rings. The topological polar surface area (TPSA) is 30.7 Å². The summed E-state index contributed by atoms with van der Waals surface area (Å²) in [4.78, 5) is 11.1. The van der Waals surface area contributed by atoms with Crippen molar-refractivity contribution in [3.05, 3.63) is 281 Å². The summed E-state index contributed by atoms with van der Waals surface area (Å²) in [6.45, 7) is 0. The Kier molecular flexibility index (Phi) is 7.32. The Hall–Kier alpha value is -8.66. The molecule has 69 heavy (non-hydrogen) atoms. The van der Waals surface area contributed by atoms with Gasteiger partial charge in [0, 0.05) is 38.9 Å². The predicted molar refractivity (Wildman–Crippen MR) is 282 cm³/mol.